The van der Waals surface area contributed by atoms with Crippen molar-refractivity contribution in [1.29, 1.82) is 0 Å². The molecule has 1 aromatic rings. The molecule has 1 unspecified atom stereocenters. The first-order chi connectivity index (χ1) is 17.0. The minimum absolute atomic E-state index is 0.0561. The first-order valence-electron chi connectivity index (χ1n) is 12.1. The summed E-state index contributed by atoms with van der Waals surface area (Å²) in [7, 11) is -2.19. The first-order valence-corrected chi connectivity index (χ1v) is 13.9. The van der Waals surface area contributed by atoms with Gasteiger partial charge in [0.15, 0.2) is 5.79 Å². The highest BCUT2D eigenvalue weighted by atomic mass is 32.2. The molecule has 204 valence electrons. The van der Waals surface area contributed by atoms with Crippen molar-refractivity contribution in [1.82, 2.24) is 9.62 Å². The summed E-state index contributed by atoms with van der Waals surface area (Å²) >= 11 is 0. The fourth-order valence-electron chi connectivity index (χ4n) is 4.37. The summed E-state index contributed by atoms with van der Waals surface area (Å²) in [6, 6.07) is 5.91. The topological polar surface area (TPSA) is 118 Å². The number of halogens is 1. The molecule has 0 aromatic heterocycles. The van der Waals surface area contributed by atoms with E-state index in [-0.39, 0.29) is 18.3 Å². The smallest absolute Gasteiger partial charge is 0.305 e. The Morgan fingerprint density at radius 3 is 2.43 bits per heavy atom. The second-order valence-corrected chi connectivity index (χ2v) is 12.4. The summed E-state index contributed by atoms with van der Waals surface area (Å²) in [4.78, 5) is 16.1. The van der Waals surface area contributed by atoms with Crippen molar-refractivity contribution in [2.45, 2.75) is 71.0 Å². The van der Waals surface area contributed by atoms with Crippen LogP contribution in [0.5, 0.6) is 0 Å². The summed E-state index contributed by atoms with van der Waals surface area (Å²) in [6.07, 6.45) is 4.07. The van der Waals surface area contributed by atoms with Gasteiger partial charge in [-0.05, 0) is 56.5 Å². The van der Waals surface area contributed by atoms with Crippen molar-refractivity contribution in [2.75, 3.05) is 13.3 Å². The third-order valence-corrected chi connectivity index (χ3v) is 7.87. The fourth-order valence-corrected chi connectivity index (χ4v) is 4.77. The number of rotatable bonds is 7. The average Bonchev–Trinajstić information content (AvgIpc) is 2.75. The van der Waals surface area contributed by atoms with E-state index in [0.717, 1.165) is 16.1 Å². The highest BCUT2D eigenvalue weighted by Gasteiger charge is 2.40. The zero-order valence-electron chi connectivity index (χ0n) is 22.3. The van der Waals surface area contributed by atoms with E-state index in [1.54, 1.807) is 26.0 Å². The van der Waals surface area contributed by atoms with E-state index < -0.39 is 45.3 Å². The number of hydrogen-bond acceptors (Lipinski definition) is 7. The molecule has 3 rings (SSSR count). The fraction of sp³-hybridized carbons (Fsp3) is 0.538. The molecule has 2 N–H and O–H groups in total. The molecule has 0 radical (unpaired) electrons. The monoisotopic (exact) mass is 537 g/mol. The van der Waals surface area contributed by atoms with Gasteiger partial charge in [-0.2, -0.15) is 0 Å². The number of carboxylic acids is 1. The van der Waals surface area contributed by atoms with E-state index in [1.807, 2.05) is 32.9 Å². The standard InChI is InChI=1S/C26H36FN3O6S/c1-16(2)26(5)21(13-12-19-14-20(15-22(31)32)36-25(3,4)35-19)23(17-8-10-18(27)11-9-17)28-24(29-26)30(6)37(7,33)34/h8-13,16,19-20H,14-15H2,1-7H3,(H,28,29)(H,31,32)/b13-12+/t19-,20-,26?/m0/s1. The van der Waals surface area contributed by atoms with Gasteiger partial charge in [-0.1, -0.05) is 26.0 Å². The Kier molecular flexibility index (Phi) is 8.21. The Labute approximate surface area is 218 Å². The van der Waals surface area contributed by atoms with Gasteiger partial charge in [-0.15, -0.1) is 0 Å². The normalized spacial score (nSPS) is 26.2. The van der Waals surface area contributed by atoms with Crippen molar-refractivity contribution in [3.63, 3.8) is 0 Å². The van der Waals surface area contributed by atoms with E-state index in [1.165, 1.54) is 19.2 Å². The van der Waals surface area contributed by atoms with Gasteiger partial charge in [0.25, 0.3) is 0 Å². The highest BCUT2D eigenvalue weighted by molar-refractivity contribution is 7.88. The zero-order valence-corrected chi connectivity index (χ0v) is 23.1. The Morgan fingerprint density at radius 2 is 1.89 bits per heavy atom. The van der Waals surface area contributed by atoms with Gasteiger partial charge >= 0.3 is 5.97 Å². The van der Waals surface area contributed by atoms with Gasteiger partial charge < -0.3 is 19.9 Å². The molecular weight excluding hydrogens is 501 g/mol. The van der Waals surface area contributed by atoms with Crippen molar-refractivity contribution in [2.24, 2.45) is 10.9 Å². The van der Waals surface area contributed by atoms with Crippen LogP contribution in [0.4, 0.5) is 4.39 Å². The molecule has 1 aromatic carbocycles. The van der Waals surface area contributed by atoms with Gasteiger partial charge in [0.05, 0.1) is 36.1 Å². The number of carboxylic acid groups (broad SMARTS) is 1. The van der Waals surface area contributed by atoms with Crippen molar-refractivity contribution < 1.29 is 32.2 Å². The quantitative estimate of drug-likeness (QED) is 0.544. The second kappa shape index (κ2) is 10.5. The van der Waals surface area contributed by atoms with Crippen LogP contribution in [0.1, 0.15) is 53.0 Å². The maximum atomic E-state index is 13.8. The van der Waals surface area contributed by atoms with Gasteiger partial charge in [0, 0.05) is 19.0 Å². The molecule has 0 saturated carbocycles. The van der Waals surface area contributed by atoms with Gasteiger partial charge in [0.2, 0.25) is 16.0 Å². The maximum absolute atomic E-state index is 13.8. The number of guanidine groups is 1. The van der Waals surface area contributed by atoms with Crippen LogP contribution >= 0.6 is 0 Å². The number of aliphatic imine (C=N–C) groups is 1. The molecule has 1 saturated heterocycles. The lowest BCUT2D eigenvalue weighted by atomic mass is 9.78. The molecule has 37 heavy (non-hydrogen) atoms. The SMILES string of the molecule is CC(C)C1(C)N=C(N(C)S(C)(=O)=O)NC(c2ccc(F)cc2)=C1/C=C/[C@H]1C[C@@H](CC(=O)O)OC(C)(C)O1. The van der Waals surface area contributed by atoms with E-state index in [4.69, 9.17) is 14.5 Å². The third-order valence-electron chi connectivity index (χ3n) is 6.70. The Morgan fingerprint density at radius 1 is 1.27 bits per heavy atom. The first kappa shape index (κ1) is 28.8. The number of hydrogen-bond donors (Lipinski definition) is 2. The number of aliphatic carboxylic acids is 1. The van der Waals surface area contributed by atoms with Crippen LogP contribution in [0.25, 0.3) is 5.70 Å². The Balaban J connectivity index is 2.11. The molecule has 11 heteroatoms. The number of ether oxygens (including phenoxy) is 2. The molecule has 0 bridgehead atoms. The molecule has 0 spiro atoms. The van der Waals surface area contributed by atoms with Crippen molar-refractivity contribution in [3.05, 3.63) is 53.4 Å². The lowest BCUT2D eigenvalue weighted by Crippen LogP contribution is -2.49. The summed E-state index contributed by atoms with van der Waals surface area (Å²) in [5.74, 6) is -2.22. The highest BCUT2D eigenvalue weighted by Crippen LogP contribution is 2.39. The molecule has 0 aliphatic carbocycles. The molecule has 1 fully saturated rings. The van der Waals surface area contributed by atoms with Gasteiger partial charge in [-0.3, -0.25) is 4.79 Å². The lowest BCUT2D eigenvalue weighted by molar-refractivity contribution is -0.290. The van der Waals surface area contributed by atoms with Crippen LogP contribution in [0.15, 0.2) is 47.0 Å². The summed E-state index contributed by atoms with van der Waals surface area (Å²) < 4.78 is 51.3. The van der Waals surface area contributed by atoms with E-state index in [9.17, 15) is 22.7 Å². The third kappa shape index (κ3) is 6.77. The van der Waals surface area contributed by atoms with Crippen LogP contribution in [0, 0.1) is 11.7 Å². The summed E-state index contributed by atoms with van der Waals surface area (Å²) in [5.41, 5.74) is 1.13. The number of nitrogens with zero attached hydrogens (tertiary/aromatic N) is 2. The molecule has 2 aliphatic rings. The molecule has 2 heterocycles. The number of benzene rings is 1. The molecule has 2 aliphatic heterocycles. The Bertz CT molecular complexity index is 1220. The van der Waals surface area contributed by atoms with Crippen LogP contribution in [-0.2, 0) is 24.3 Å². The van der Waals surface area contributed by atoms with E-state index in [2.05, 4.69) is 5.32 Å². The predicted octanol–water partition coefficient (Wildman–Crippen LogP) is 3.74. The Hall–Kier alpha value is -2.76. The number of carbonyl (C=O) groups is 1. The van der Waals surface area contributed by atoms with E-state index in [0.29, 0.717) is 17.7 Å². The van der Waals surface area contributed by atoms with Gasteiger partial charge in [-0.25, -0.2) is 22.1 Å². The van der Waals surface area contributed by atoms with Crippen LogP contribution < -0.4 is 5.32 Å². The summed E-state index contributed by atoms with van der Waals surface area (Å²) in [6.45, 7) is 9.37. The van der Waals surface area contributed by atoms with Crippen LogP contribution in [0.2, 0.25) is 0 Å². The van der Waals surface area contributed by atoms with Crippen LogP contribution in [-0.4, -0.2) is 66.6 Å². The number of sulfonamides is 1. The largest absolute Gasteiger partial charge is 0.481 e. The minimum Gasteiger partial charge on any atom is -0.481 e. The van der Waals surface area contributed by atoms with E-state index >= 15 is 0 Å². The predicted molar refractivity (Wildman–Crippen MR) is 140 cm³/mol. The molecule has 9 nitrogen and oxygen atoms in total. The average molecular weight is 538 g/mol. The molecule has 3 atom stereocenters. The molecular formula is C26H36FN3O6S. The van der Waals surface area contributed by atoms with Crippen molar-refractivity contribution in [3.8, 4) is 0 Å². The second-order valence-electron chi connectivity index (χ2n) is 10.4. The maximum Gasteiger partial charge on any atom is 0.305 e. The number of nitrogens with one attached hydrogen (secondary N) is 1. The minimum atomic E-state index is -3.61. The zero-order chi connectivity index (χ0) is 27.8. The van der Waals surface area contributed by atoms with Crippen LogP contribution in [0.3, 0.4) is 0 Å². The summed E-state index contributed by atoms with van der Waals surface area (Å²) in [5, 5.41) is 12.4. The van der Waals surface area contributed by atoms with Crippen molar-refractivity contribution >= 4 is 27.6 Å². The van der Waals surface area contributed by atoms with Gasteiger partial charge in [0.1, 0.15) is 5.82 Å². The molecule has 0 amide bonds. The lowest BCUT2D eigenvalue weighted by Gasteiger charge is -2.41.